The Kier molecular flexibility index (Phi) is 4.66. The second-order valence-electron chi connectivity index (χ2n) is 5.86. The topological polar surface area (TPSA) is 69.6 Å². The minimum absolute atomic E-state index is 0.191. The van der Waals surface area contributed by atoms with Gasteiger partial charge in [-0.1, -0.05) is 26.2 Å². The molecule has 1 aliphatic carbocycles. The Hall–Kier alpha value is -1.26. The summed E-state index contributed by atoms with van der Waals surface area (Å²) in [5, 5.41) is 12.2. The van der Waals surface area contributed by atoms with Gasteiger partial charge in [-0.3, -0.25) is 0 Å². The molecule has 108 valence electrons. The lowest BCUT2D eigenvalue weighted by atomic mass is 9.97. The molecule has 19 heavy (non-hydrogen) atoms. The van der Waals surface area contributed by atoms with Gasteiger partial charge in [0.05, 0.1) is 0 Å². The molecule has 1 aliphatic heterocycles. The van der Waals surface area contributed by atoms with Gasteiger partial charge in [0.1, 0.15) is 6.04 Å². The average Bonchev–Trinajstić information content (AvgIpc) is 2.78. The molecule has 1 saturated heterocycles. The fourth-order valence-corrected chi connectivity index (χ4v) is 3.22. The first-order chi connectivity index (χ1) is 9.09. The van der Waals surface area contributed by atoms with E-state index >= 15 is 0 Å². The molecule has 2 fully saturated rings. The zero-order valence-corrected chi connectivity index (χ0v) is 11.6. The van der Waals surface area contributed by atoms with Crippen LogP contribution in [0.4, 0.5) is 4.79 Å². The van der Waals surface area contributed by atoms with Crippen LogP contribution in [0.25, 0.3) is 0 Å². The molecule has 2 rings (SSSR count). The van der Waals surface area contributed by atoms with Crippen molar-refractivity contribution in [3.63, 3.8) is 0 Å². The number of carbonyl (C=O) groups is 2. The van der Waals surface area contributed by atoms with E-state index < -0.39 is 12.0 Å². The van der Waals surface area contributed by atoms with Crippen LogP contribution in [-0.2, 0) is 4.79 Å². The van der Waals surface area contributed by atoms with Gasteiger partial charge in [0.25, 0.3) is 0 Å². The molecule has 3 atom stereocenters. The third-order valence-electron chi connectivity index (χ3n) is 4.47. The molecule has 0 aromatic rings. The fraction of sp³-hybridized carbons (Fsp3) is 0.857. The van der Waals surface area contributed by atoms with Crippen LogP contribution in [-0.4, -0.2) is 40.6 Å². The third kappa shape index (κ3) is 3.39. The molecular formula is C14H24N2O3. The monoisotopic (exact) mass is 268 g/mol. The summed E-state index contributed by atoms with van der Waals surface area (Å²) in [6.07, 6.45) is 7.13. The Morgan fingerprint density at radius 3 is 2.58 bits per heavy atom. The summed E-state index contributed by atoms with van der Waals surface area (Å²) in [6.45, 7) is 2.73. The number of hydrogen-bond acceptors (Lipinski definition) is 2. The van der Waals surface area contributed by atoms with Gasteiger partial charge >= 0.3 is 12.0 Å². The molecule has 1 heterocycles. The van der Waals surface area contributed by atoms with Gasteiger partial charge in [-0.2, -0.15) is 0 Å². The molecule has 5 nitrogen and oxygen atoms in total. The number of carbonyl (C=O) groups excluding carboxylic acids is 1. The predicted molar refractivity (Wildman–Crippen MR) is 71.9 cm³/mol. The van der Waals surface area contributed by atoms with Gasteiger partial charge in [-0.05, 0) is 31.6 Å². The summed E-state index contributed by atoms with van der Waals surface area (Å²) < 4.78 is 0. The number of hydrogen-bond donors (Lipinski definition) is 2. The summed E-state index contributed by atoms with van der Waals surface area (Å²) in [6, 6.07) is -0.630. The van der Waals surface area contributed by atoms with Crippen molar-refractivity contribution in [1.29, 1.82) is 0 Å². The number of aliphatic carboxylic acids is 1. The highest BCUT2D eigenvalue weighted by Gasteiger charge is 2.35. The largest absolute Gasteiger partial charge is 0.480 e. The normalized spacial score (nSPS) is 31.8. The standard InChI is InChI=1S/C14H24N2O3/c1-10-6-3-2-4-7-11(10)15-14(19)16-9-5-8-12(16)13(17)18/h10-12H,2-9H2,1H3,(H,15,19)(H,17,18). The van der Waals surface area contributed by atoms with E-state index in [4.69, 9.17) is 5.11 Å². The number of carboxylic acid groups (broad SMARTS) is 1. The minimum Gasteiger partial charge on any atom is -0.480 e. The lowest BCUT2D eigenvalue weighted by Crippen LogP contribution is -2.50. The summed E-state index contributed by atoms with van der Waals surface area (Å²) in [5.74, 6) is -0.404. The maximum absolute atomic E-state index is 12.2. The first-order valence-electron chi connectivity index (χ1n) is 7.39. The second-order valence-corrected chi connectivity index (χ2v) is 5.86. The summed E-state index contributed by atoms with van der Waals surface area (Å²) in [7, 11) is 0. The van der Waals surface area contributed by atoms with Crippen molar-refractivity contribution >= 4 is 12.0 Å². The average molecular weight is 268 g/mol. The van der Waals surface area contributed by atoms with Gasteiger partial charge in [-0.15, -0.1) is 0 Å². The zero-order valence-electron chi connectivity index (χ0n) is 11.6. The van der Waals surface area contributed by atoms with E-state index in [-0.39, 0.29) is 12.1 Å². The van der Waals surface area contributed by atoms with Crippen LogP contribution in [0.3, 0.4) is 0 Å². The van der Waals surface area contributed by atoms with Crippen LogP contribution in [0.5, 0.6) is 0 Å². The highest BCUT2D eigenvalue weighted by Crippen LogP contribution is 2.24. The molecule has 0 radical (unpaired) electrons. The Morgan fingerprint density at radius 2 is 1.84 bits per heavy atom. The van der Waals surface area contributed by atoms with Crippen molar-refractivity contribution in [3.8, 4) is 0 Å². The molecule has 0 aromatic carbocycles. The Labute approximate surface area is 114 Å². The quantitative estimate of drug-likeness (QED) is 0.754. The summed E-state index contributed by atoms with van der Waals surface area (Å²) in [4.78, 5) is 24.8. The van der Waals surface area contributed by atoms with Gasteiger partial charge in [0.2, 0.25) is 0 Å². The number of amides is 2. The molecule has 5 heteroatoms. The fourth-order valence-electron chi connectivity index (χ4n) is 3.22. The summed E-state index contributed by atoms with van der Waals surface area (Å²) >= 11 is 0. The summed E-state index contributed by atoms with van der Waals surface area (Å²) in [5.41, 5.74) is 0. The Balaban J connectivity index is 1.94. The molecule has 1 saturated carbocycles. The Morgan fingerprint density at radius 1 is 1.11 bits per heavy atom. The van der Waals surface area contributed by atoms with E-state index in [0.29, 0.717) is 18.9 Å². The molecule has 2 aliphatic rings. The number of nitrogens with one attached hydrogen (secondary N) is 1. The minimum atomic E-state index is -0.887. The zero-order chi connectivity index (χ0) is 13.8. The van der Waals surface area contributed by atoms with Crippen molar-refractivity contribution in [3.05, 3.63) is 0 Å². The van der Waals surface area contributed by atoms with Crippen LogP contribution in [0.1, 0.15) is 51.9 Å². The maximum atomic E-state index is 12.2. The molecule has 2 N–H and O–H groups in total. The number of rotatable bonds is 2. The van der Waals surface area contributed by atoms with Crippen LogP contribution in [0, 0.1) is 5.92 Å². The SMILES string of the molecule is CC1CCCCCC1NC(=O)N1CCCC1C(=O)O. The molecular weight excluding hydrogens is 244 g/mol. The van der Waals surface area contributed by atoms with Gasteiger partial charge in [-0.25, -0.2) is 9.59 Å². The van der Waals surface area contributed by atoms with E-state index in [1.807, 2.05) is 0 Å². The molecule has 0 bridgehead atoms. The van der Waals surface area contributed by atoms with Crippen LogP contribution < -0.4 is 5.32 Å². The van der Waals surface area contributed by atoms with Gasteiger partial charge in [0, 0.05) is 12.6 Å². The van der Waals surface area contributed by atoms with E-state index in [2.05, 4.69) is 12.2 Å². The van der Waals surface area contributed by atoms with Gasteiger partial charge < -0.3 is 15.3 Å². The van der Waals surface area contributed by atoms with Crippen LogP contribution in [0.2, 0.25) is 0 Å². The number of likely N-dealkylation sites (tertiary alicyclic amines) is 1. The lowest BCUT2D eigenvalue weighted by Gasteiger charge is -2.28. The highest BCUT2D eigenvalue weighted by molar-refractivity contribution is 5.83. The number of carboxylic acids is 1. The van der Waals surface area contributed by atoms with E-state index in [9.17, 15) is 9.59 Å². The van der Waals surface area contributed by atoms with Crippen molar-refractivity contribution in [1.82, 2.24) is 10.2 Å². The van der Waals surface area contributed by atoms with Crippen molar-refractivity contribution in [2.45, 2.75) is 64.0 Å². The van der Waals surface area contributed by atoms with Crippen molar-refractivity contribution in [2.24, 2.45) is 5.92 Å². The van der Waals surface area contributed by atoms with Crippen molar-refractivity contribution in [2.75, 3.05) is 6.54 Å². The lowest BCUT2D eigenvalue weighted by molar-refractivity contribution is -0.141. The highest BCUT2D eigenvalue weighted by atomic mass is 16.4. The number of nitrogens with zero attached hydrogens (tertiary/aromatic N) is 1. The van der Waals surface area contributed by atoms with Crippen LogP contribution in [0.15, 0.2) is 0 Å². The first-order valence-corrected chi connectivity index (χ1v) is 7.39. The van der Waals surface area contributed by atoms with Crippen LogP contribution >= 0.6 is 0 Å². The first kappa shape index (κ1) is 14.2. The Bertz CT molecular complexity index is 346. The third-order valence-corrected chi connectivity index (χ3v) is 4.47. The van der Waals surface area contributed by atoms with Gasteiger partial charge in [0.15, 0.2) is 0 Å². The number of urea groups is 1. The predicted octanol–water partition coefficient (Wildman–Crippen LogP) is 2.21. The molecule has 2 amide bonds. The molecule has 0 spiro atoms. The second kappa shape index (κ2) is 6.26. The maximum Gasteiger partial charge on any atom is 0.326 e. The van der Waals surface area contributed by atoms with E-state index in [1.54, 1.807) is 0 Å². The smallest absolute Gasteiger partial charge is 0.326 e. The van der Waals surface area contributed by atoms with E-state index in [0.717, 1.165) is 25.7 Å². The molecule has 0 aromatic heterocycles. The van der Waals surface area contributed by atoms with E-state index in [1.165, 1.54) is 17.7 Å². The van der Waals surface area contributed by atoms with Crippen molar-refractivity contribution < 1.29 is 14.7 Å². The molecule has 3 unspecified atom stereocenters.